The molecule has 0 aliphatic rings. The van der Waals surface area contributed by atoms with Crippen molar-refractivity contribution in [1.29, 1.82) is 0 Å². The molecule has 5 nitrogen and oxygen atoms in total. The van der Waals surface area contributed by atoms with Crippen molar-refractivity contribution in [3.8, 4) is 11.5 Å². The van der Waals surface area contributed by atoms with Gasteiger partial charge in [-0.3, -0.25) is 4.79 Å². The molecule has 1 aromatic carbocycles. The van der Waals surface area contributed by atoms with E-state index in [1.807, 2.05) is 32.0 Å². The molecule has 0 saturated carbocycles. The third-order valence-electron chi connectivity index (χ3n) is 4.15. The summed E-state index contributed by atoms with van der Waals surface area (Å²) in [5.41, 5.74) is 6.18. The van der Waals surface area contributed by atoms with E-state index in [-0.39, 0.29) is 18.3 Å². The zero-order valence-corrected chi connectivity index (χ0v) is 14.6. The predicted octanol–water partition coefficient (Wildman–Crippen LogP) is 2.51. The molecule has 0 bridgehead atoms. The van der Waals surface area contributed by atoms with Crippen LogP contribution in [-0.2, 0) is 11.3 Å². The molecule has 6 heteroatoms. The third-order valence-corrected chi connectivity index (χ3v) is 4.15. The molecule has 0 saturated heterocycles. The van der Waals surface area contributed by atoms with Gasteiger partial charge < -0.3 is 20.5 Å². The van der Waals surface area contributed by atoms with Crippen LogP contribution in [0.5, 0.6) is 11.5 Å². The zero-order chi connectivity index (χ0) is 15.9. The number of carbonyl (C=O) groups excluding carboxylic acids is 1. The molecular weight excluding hydrogens is 304 g/mol. The molecule has 0 aliphatic heterocycles. The minimum atomic E-state index is -0.494. The van der Waals surface area contributed by atoms with E-state index in [9.17, 15) is 4.79 Å². The molecule has 0 aliphatic carbocycles. The van der Waals surface area contributed by atoms with Crippen molar-refractivity contribution >= 4 is 18.3 Å². The lowest BCUT2D eigenvalue weighted by Crippen LogP contribution is -2.45. The summed E-state index contributed by atoms with van der Waals surface area (Å²) in [5, 5.41) is 2.96. The molecule has 3 N–H and O–H groups in total. The molecule has 0 radical (unpaired) electrons. The lowest BCUT2D eigenvalue weighted by Gasteiger charge is -2.28. The van der Waals surface area contributed by atoms with Gasteiger partial charge in [0.2, 0.25) is 5.91 Å². The van der Waals surface area contributed by atoms with Crippen molar-refractivity contribution in [2.24, 2.45) is 11.1 Å². The van der Waals surface area contributed by atoms with Crippen LogP contribution in [0.3, 0.4) is 0 Å². The maximum Gasteiger partial charge on any atom is 0.227 e. The van der Waals surface area contributed by atoms with Gasteiger partial charge in [0.15, 0.2) is 0 Å². The second-order valence-electron chi connectivity index (χ2n) is 5.05. The van der Waals surface area contributed by atoms with Crippen molar-refractivity contribution in [2.45, 2.75) is 33.2 Å². The zero-order valence-electron chi connectivity index (χ0n) is 13.8. The molecule has 0 aromatic heterocycles. The first-order valence-corrected chi connectivity index (χ1v) is 7.26. The molecular formula is C16H27ClN2O3. The molecule has 126 valence electrons. The van der Waals surface area contributed by atoms with Gasteiger partial charge in [-0.2, -0.15) is 0 Å². The van der Waals surface area contributed by atoms with Crippen molar-refractivity contribution in [3.05, 3.63) is 23.8 Å². The number of hydrogen-bond donors (Lipinski definition) is 2. The Balaban J connectivity index is 0.00000441. The minimum absolute atomic E-state index is 0. The Morgan fingerprint density at radius 3 is 2.32 bits per heavy atom. The summed E-state index contributed by atoms with van der Waals surface area (Å²) in [7, 11) is 3.22. The van der Waals surface area contributed by atoms with Crippen LogP contribution in [-0.4, -0.2) is 26.7 Å². The van der Waals surface area contributed by atoms with Crippen LogP contribution < -0.4 is 20.5 Å². The first-order valence-electron chi connectivity index (χ1n) is 7.26. The maximum atomic E-state index is 12.4. The summed E-state index contributed by atoms with van der Waals surface area (Å²) >= 11 is 0. The lowest BCUT2D eigenvalue weighted by atomic mass is 9.81. The van der Waals surface area contributed by atoms with Crippen LogP contribution in [0.4, 0.5) is 0 Å². The van der Waals surface area contributed by atoms with Gasteiger partial charge in [-0.15, -0.1) is 12.4 Å². The normalized spacial score (nSPS) is 10.6. The number of nitrogens with one attached hydrogen (secondary N) is 1. The molecule has 0 atom stereocenters. The Morgan fingerprint density at radius 2 is 1.86 bits per heavy atom. The average Bonchev–Trinajstić information content (AvgIpc) is 2.54. The van der Waals surface area contributed by atoms with Crippen LogP contribution in [0.2, 0.25) is 0 Å². The van der Waals surface area contributed by atoms with Crippen molar-refractivity contribution in [2.75, 3.05) is 20.8 Å². The Bertz CT molecular complexity index is 468. The van der Waals surface area contributed by atoms with E-state index < -0.39 is 5.41 Å². The Labute approximate surface area is 139 Å². The molecule has 0 heterocycles. The van der Waals surface area contributed by atoms with E-state index in [1.165, 1.54) is 0 Å². The van der Waals surface area contributed by atoms with E-state index >= 15 is 0 Å². The topological polar surface area (TPSA) is 73.6 Å². The smallest absolute Gasteiger partial charge is 0.227 e. The van der Waals surface area contributed by atoms with Gasteiger partial charge in [-0.25, -0.2) is 0 Å². The van der Waals surface area contributed by atoms with E-state index in [0.29, 0.717) is 13.1 Å². The van der Waals surface area contributed by atoms with Gasteiger partial charge in [0.05, 0.1) is 19.6 Å². The molecule has 0 unspecified atom stereocenters. The second kappa shape index (κ2) is 9.54. The Morgan fingerprint density at radius 1 is 1.23 bits per heavy atom. The van der Waals surface area contributed by atoms with Crippen LogP contribution >= 0.6 is 12.4 Å². The summed E-state index contributed by atoms with van der Waals surface area (Å²) in [6, 6.07) is 5.52. The van der Waals surface area contributed by atoms with Crippen molar-refractivity contribution < 1.29 is 14.3 Å². The monoisotopic (exact) mass is 330 g/mol. The minimum Gasteiger partial charge on any atom is -0.497 e. The second-order valence-corrected chi connectivity index (χ2v) is 5.05. The number of benzene rings is 1. The van der Waals surface area contributed by atoms with Crippen molar-refractivity contribution in [3.63, 3.8) is 0 Å². The number of nitrogens with two attached hydrogens (primary N) is 1. The van der Waals surface area contributed by atoms with Gasteiger partial charge in [0, 0.05) is 18.7 Å². The molecule has 1 amide bonds. The Hall–Kier alpha value is -1.46. The standard InChI is InChI=1S/C16H26N2O3.ClH/c1-5-16(6-2,11-17)15(19)18-10-12-9-13(20-3)7-8-14(12)21-4;/h7-9H,5-6,10-11,17H2,1-4H3,(H,18,19);1H. The number of rotatable bonds is 8. The van der Waals surface area contributed by atoms with Gasteiger partial charge >= 0.3 is 0 Å². The first kappa shape index (κ1) is 20.5. The number of ether oxygens (including phenoxy) is 2. The molecule has 0 spiro atoms. The van der Waals surface area contributed by atoms with Crippen molar-refractivity contribution in [1.82, 2.24) is 5.32 Å². The van der Waals surface area contributed by atoms with Gasteiger partial charge in [0.25, 0.3) is 0 Å². The average molecular weight is 331 g/mol. The van der Waals surface area contributed by atoms with Gasteiger partial charge in [-0.05, 0) is 31.0 Å². The SMILES string of the molecule is CCC(CC)(CN)C(=O)NCc1cc(OC)ccc1OC.Cl. The molecule has 22 heavy (non-hydrogen) atoms. The molecule has 1 aromatic rings. The fraction of sp³-hybridized carbons (Fsp3) is 0.562. The summed E-state index contributed by atoms with van der Waals surface area (Å²) in [4.78, 5) is 12.4. The van der Waals surface area contributed by atoms with Gasteiger partial charge in [0.1, 0.15) is 11.5 Å². The third kappa shape index (κ3) is 4.52. The highest BCUT2D eigenvalue weighted by Crippen LogP contribution is 2.27. The van der Waals surface area contributed by atoms with Crippen LogP contribution in [0, 0.1) is 5.41 Å². The quantitative estimate of drug-likeness (QED) is 0.768. The number of methoxy groups -OCH3 is 2. The van der Waals surface area contributed by atoms with E-state index in [0.717, 1.165) is 29.9 Å². The summed E-state index contributed by atoms with van der Waals surface area (Å²) in [6.07, 6.45) is 1.45. The van der Waals surface area contributed by atoms with Crippen LogP contribution in [0.1, 0.15) is 32.3 Å². The van der Waals surface area contributed by atoms with Crippen LogP contribution in [0.25, 0.3) is 0 Å². The van der Waals surface area contributed by atoms with Crippen LogP contribution in [0.15, 0.2) is 18.2 Å². The first-order chi connectivity index (χ1) is 10.1. The summed E-state index contributed by atoms with van der Waals surface area (Å²) < 4.78 is 10.5. The highest BCUT2D eigenvalue weighted by molar-refractivity contribution is 5.85. The largest absolute Gasteiger partial charge is 0.497 e. The highest BCUT2D eigenvalue weighted by atomic mass is 35.5. The number of carbonyl (C=O) groups is 1. The van der Waals surface area contributed by atoms with E-state index in [2.05, 4.69) is 5.32 Å². The van der Waals surface area contributed by atoms with E-state index in [1.54, 1.807) is 14.2 Å². The fourth-order valence-electron chi connectivity index (χ4n) is 2.34. The molecule has 0 fully saturated rings. The predicted molar refractivity (Wildman–Crippen MR) is 90.7 cm³/mol. The summed E-state index contributed by atoms with van der Waals surface area (Å²) in [5.74, 6) is 1.44. The molecule has 1 rings (SSSR count). The van der Waals surface area contributed by atoms with E-state index in [4.69, 9.17) is 15.2 Å². The highest BCUT2D eigenvalue weighted by Gasteiger charge is 2.33. The summed E-state index contributed by atoms with van der Waals surface area (Å²) in [6.45, 7) is 4.71. The number of amides is 1. The number of halogens is 1. The Kier molecular flexibility index (Phi) is 8.90. The number of hydrogen-bond acceptors (Lipinski definition) is 4. The fourth-order valence-corrected chi connectivity index (χ4v) is 2.34. The van der Waals surface area contributed by atoms with Gasteiger partial charge in [-0.1, -0.05) is 13.8 Å². The maximum absolute atomic E-state index is 12.4. The lowest BCUT2D eigenvalue weighted by molar-refractivity contribution is -0.131.